The Balaban J connectivity index is 2.87. The summed E-state index contributed by atoms with van der Waals surface area (Å²) in [5, 5.41) is 2.73. The lowest BCUT2D eigenvalue weighted by Crippen LogP contribution is -2.63. The summed E-state index contributed by atoms with van der Waals surface area (Å²) in [4.78, 5) is 26.1. The fraction of sp³-hybridized carbons (Fsp3) is 0.846. The Morgan fingerprint density at radius 1 is 1.37 bits per heavy atom. The smallest absolute Gasteiger partial charge is 0.245 e. The van der Waals surface area contributed by atoms with Gasteiger partial charge in [0.05, 0.1) is 18.8 Å². The first-order valence-electron chi connectivity index (χ1n) is 6.95. The summed E-state index contributed by atoms with van der Waals surface area (Å²) < 4.78 is 5.31. The van der Waals surface area contributed by atoms with Crippen LogP contribution in [-0.4, -0.2) is 54.6 Å². The van der Waals surface area contributed by atoms with Gasteiger partial charge in [0.1, 0.15) is 6.04 Å². The number of hydrogen-bond donors (Lipinski definition) is 2. The predicted octanol–water partition coefficient (Wildman–Crippen LogP) is -0.133. The largest absolute Gasteiger partial charge is 0.377 e. The summed E-state index contributed by atoms with van der Waals surface area (Å²) in [7, 11) is 0. The van der Waals surface area contributed by atoms with Gasteiger partial charge in [-0.15, -0.1) is 0 Å². The maximum Gasteiger partial charge on any atom is 0.245 e. The lowest BCUT2D eigenvalue weighted by Gasteiger charge is -2.39. The van der Waals surface area contributed by atoms with Crippen LogP contribution in [0.4, 0.5) is 0 Å². The van der Waals surface area contributed by atoms with Gasteiger partial charge in [-0.1, -0.05) is 13.8 Å². The summed E-state index contributed by atoms with van der Waals surface area (Å²) in [6.45, 7) is 7.27. The molecule has 6 nitrogen and oxygen atoms in total. The van der Waals surface area contributed by atoms with E-state index in [2.05, 4.69) is 5.32 Å². The van der Waals surface area contributed by atoms with Crippen LogP contribution in [0.2, 0.25) is 0 Å². The zero-order valence-electron chi connectivity index (χ0n) is 12.1. The summed E-state index contributed by atoms with van der Waals surface area (Å²) in [5.74, 6) is -0.331. The summed E-state index contributed by atoms with van der Waals surface area (Å²) in [6.07, 6.45) is 1.11. The molecule has 1 heterocycles. The zero-order chi connectivity index (χ0) is 14.5. The van der Waals surface area contributed by atoms with Crippen LogP contribution in [0.3, 0.4) is 0 Å². The molecule has 1 aliphatic rings. The topological polar surface area (TPSA) is 84.7 Å². The van der Waals surface area contributed by atoms with Gasteiger partial charge in [0.15, 0.2) is 0 Å². The molecule has 1 unspecified atom stereocenters. The number of likely N-dealkylation sites (N-methyl/N-ethyl adjacent to an activating group) is 1. The third-order valence-electron chi connectivity index (χ3n) is 3.73. The van der Waals surface area contributed by atoms with E-state index in [4.69, 9.17) is 10.5 Å². The molecule has 1 saturated heterocycles. The van der Waals surface area contributed by atoms with Crippen LogP contribution >= 0.6 is 0 Å². The number of carbonyl (C=O) groups excluding carboxylic acids is 2. The minimum atomic E-state index is -0.887. The molecule has 2 amide bonds. The number of amides is 2. The third-order valence-corrected chi connectivity index (χ3v) is 3.73. The molecule has 0 bridgehead atoms. The van der Waals surface area contributed by atoms with Gasteiger partial charge in [-0.2, -0.15) is 0 Å². The Morgan fingerprint density at radius 3 is 2.53 bits per heavy atom. The average molecular weight is 271 g/mol. The fourth-order valence-corrected chi connectivity index (χ4v) is 2.19. The Morgan fingerprint density at radius 2 is 2.00 bits per heavy atom. The van der Waals surface area contributed by atoms with Crippen molar-refractivity contribution >= 4 is 11.8 Å². The van der Waals surface area contributed by atoms with Crippen molar-refractivity contribution in [3.8, 4) is 0 Å². The zero-order valence-corrected chi connectivity index (χ0v) is 12.1. The lowest BCUT2D eigenvalue weighted by atomic mass is 9.91. The highest BCUT2D eigenvalue weighted by atomic mass is 16.5. The van der Waals surface area contributed by atoms with Gasteiger partial charge in [0.2, 0.25) is 11.8 Å². The van der Waals surface area contributed by atoms with E-state index in [0.717, 1.165) is 0 Å². The molecule has 0 saturated carbocycles. The van der Waals surface area contributed by atoms with Gasteiger partial charge in [-0.25, -0.2) is 0 Å². The molecule has 3 N–H and O–H groups in total. The SMILES string of the molecule is CCNC(=O)C1COCCN1C(=O)C(N)(CC)CC. The average Bonchev–Trinajstić information content (AvgIpc) is 2.45. The highest BCUT2D eigenvalue weighted by Crippen LogP contribution is 2.19. The van der Waals surface area contributed by atoms with Crippen LogP contribution in [0, 0.1) is 0 Å². The van der Waals surface area contributed by atoms with Crippen LogP contribution < -0.4 is 11.1 Å². The fourth-order valence-electron chi connectivity index (χ4n) is 2.19. The second-order valence-corrected chi connectivity index (χ2v) is 4.85. The van der Waals surface area contributed by atoms with E-state index in [1.54, 1.807) is 4.90 Å². The molecular formula is C13H25N3O3. The van der Waals surface area contributed by atoms with E-state index in [9.17, 15) is 9.59 Å². The standard InChI is InChI=1S/C13H25N3O3/c1-4-13(14,5-2)12(18)16-7-8-19-9-10(16)11(17)15-6-3/h10H,4-9,14H2,1-3H3,(H,15,17). The number of nitrogens with one attached hydrogen (secondary N) is 1. The van der Waals surface area contributed by atoms with Crippen LogP contribution in [0.15, 0.2) is 0 Å². The molecule has 1 fully saturated rings. The Bertz CT molecular complexity index is 329. The first-order chi connectivity index (χ1) is 9.00. The van der Waals surface area contributed by atoms with Crippen molar-refractivity contribution in [3.05, 3.63) is 0 Å². The van der Waals surface area contributed by atoms with Crippen molar-refractivity contribution in [1.29, 1.82) is 0 Å². The highest BCUT2D eigenvalue weighted by Gasteiger charge is 2.40. The normalized spacial score (nSPS) is 20.2. The van der Waals surface area contributed by atoms with Crippen molar-refractivity contribution in [2.45, 2.75) is 45.2 Å². The van der Waals surface area contributed by atoms with Crippen LogP contribution in [0.1, 0.15) is 33.6 Å². The Kier molecular flexibility index (Phi) is 5.75. The summed E-state index contributed by atoms with van der Waals surface area (Å²) >= 11 is 0. The number of hydrogen-bond acceptors (Lipinski definition) is 4. The van der Waals surface area contributed by atoms with Crippen molar-refractivity contribution in [2.75, 3.05) is 26.3 Å². The number of ether oxygens (including phenoxy) is 1. The first kappa shape index (κ1) is 15.9. The van der Waals surface area contributed by atoms with Crippen molar-refractivity contribution in [1.82, 2.24) is 10.2 Å². The number of nitrogens with two attached hydrogens (primary N) is 1. The molecule has 19 heavy (non-hydrogen) atoms. The molecule has 6 heteroatoms. The van der Waals surface area contributed by atoms with Crippen LogP contribution in [0.25, 0.3) is 0 Å². The van der Waals surface area contributed by atoms with Gasteiger partial charge >= 0.3 is 0 Å². The molecule has 1 atom stereocenters. The molecule has 1 rings (SSSR count). The molecule has 0 aromatic heterocycles. The third kappa shape index (κ3) is 3.45. The molecule has 0 aromatic rings. The Labute approximate surface area is 114 Å². The quantitative estimate of drug-likeness (QED) is 0.729. The molecule has 0 aliphatic carbocycles. The second-order valence-electron chi connectivity index (χ2n) is 4.85. The molecule has 0 radical (unpaired) electrons. The number of morpholine rings is 1. The lowest BCUT2D eigenvalue weighted by molar-refractivity contribution is -0.152. The molecule has 1 aliphatic heterocycles. The van der Waals surface area contributed by atoms with E-state index < -0.39 is 11.6 Å². The monoisotopic (exact) mass is 271 g/mol. The van der Waals surface area contributed by atoms with E-state index in [1.807, 2.05) is 20.8 Å². The van der Waals surface area contributed by atoms with Crippen molar-refractivity contribution < 1.29 is 14.3 Å². The molecule has 0 aromatic carbocycles. The minimum absolute atomic E-state index is 0.156. The van der Waals surface area contributed by atoms with E-state index >= 15 is 0 Å². The maximum atomic E-state index is 12.6. The van der Waals surface area contributed by atoms with Gasteiger partial charge in [0.25, 0.3) is 0 Å². The van der Waals surface area contributed by atoms with Gasteiger partial charge in [-0.3, -0.25) is 9.59 Å². The van der Waals surface area contributed by atoms with Crippen LogP contribution in [-0.2, 0) is 14.3 Å². The van der Waals surface area contributed by atoms with E-state index in [-0.39, 0.29) is 18.4 Å². The second kappa shape index (κ2) is 6.86. The summed E-state index contributed by atoms with van der Waals surface area (Å²) in [5.41, 5.74) is 5.26. The molecule has 110 valence electrons. The predicted molar refractivity (Wildman–Crippen MR) is 72.5 cm³/mol. The van der Waals surface area contributed by atoms with Gasteiger partial charge in [0, 0.05) is 13.1 Å². The Hall–Kier alpha value is -1.14. The number of carbonyl (C=O) groups is 2. The number of rotatable bonds is 5. The van der Waals surface area contributed by atoms with Crippen molar-refractivity contribution in [3.63, 3.8) is 0 Å². The molecule has 0 spiro atoms. The minimum Gasteiger partial charge on any atom is -0.377 e. The maximum absolute atomic E-state index is 12.6. The van der Waals surface area contributed by atoms with Gasteiger partial charge < -0.3 is 20.7 Å². The van der Waals surface area contributed by atoms with E-state index in [0.29, 0.717) is 32.5 Å². The summed E-state index contributed by atoms with van der Waals surface area (Å²) in [6, 6.07) is -0.567. The molecular weight excluding hydrogens is 246 g/mol. The van der Waals surface area contributed by atoms with Gasteiger partial charge in [-0.05, 0) is 19.8 Å². The van der Waals surface area contributed by atoms with Crippen LogP contribution in [0.5, 0.6) is 0 Å². The van der Waals surface area contributed by atoms with E-state index in [1.165, 1.54) is 0 Å². The van der Waals surface area contributed by atoms with Crippen molar-refractivity contribution in [2.24, 2.45) is 5.73 Å². The number of nitrogens with zero attached hydrogens (tertiary/aromatic N) is 1. The highest BCUT2D eigenvalue weighted by molar-refractivity contribution is 5.92. The first-order valence-corrected chi connectivity index (χ1v) is 6.95.